The fourth-order valence-electron chi connectivity index (χ4n) is 1.61. The second-order valence-electron chi connectivity index (χ2n) is 4.12. The van der Waals surface area contributed by atoms with Crippen LogP contribution < -0.4 is 0 Å². The van der Waals surface area contributed by atoms with Gasteiger partial charge in [-0.15, -0.1) is 0 Å². The zero-order valence-electron chi connectivity index (χ0n) is 10.1. The molecule has 0 aliphatic rings. The van der Waals surface area contributed by atoms with E-state index in [4.69, 9.17) is 10.2 Å². The van der Waals surface area contributed by atoms with Crippen molar-refractivity contribution in [3.8, 4) is 0 Å². The molecule has 0 amide bonds. The van der Waals surface area contributed by atoms with Gasteiger partial charge in [0.2, 0.25) is 0 Å². The van der Waals surface area contributed by atoms with Crippen LogP contribution in [-0.4, -0.2) is 22.2 Å². The van der Waals surface area contributed by atoms with Crippen molar-refractivity contribution in [1.29, 1.82) is 0 Å². The monoisotopic (exact) mass is 289 g/mol. The van der Waals surface area contributed by atoms with Gasteiger partial charge in [-0.05, 0) is 12.8 Å². The summed E-state index contributed by atoms with van der Waals surface area (Å²) < 4.78 is 0. The van der Waals surface area contributed by atoms with E-state index in [0.29, 0.717) is 0 Å². The summed E-state index contributed by atoms with van der Waals surface area (Å²) in [7, 11) is 0. The number of hydrogen-bond acceptors (Lipinski definition) is 2. The van der Waals surface area contributed by atoms with Crippen LogP contribution in [0.1, 0.15) is 64.2 Å². The molecule has 0 aliphatic carbocycles. The number of carboxylic acids is 2. The van der Waals surface area contributed by atoms with Crippen LogP contribution >= 0.6 is 0 Å². The van der Waals surface area contributed by atoms with E-state index in [9.17, 15) is 9.59 Å². The summed E-state index contributed by atoms with van der Waals surface area (Å²) in [5.41, 5.74) is 0. The zero-order valence-corrected chi connectivity index (χ0v) is 11.2. The Bertz CT molecular complexity index is 185. The number of unbranched alkanes of at least 4 members (excludes halogenated alkanes) is 7. The van der Waals surface area contributed by atoms with Gasteiger partial charge in [-0.3, -0.25) is 9.59 Å². The van der Waals surface area contributed by atoms with Crippen LogP contribution in [0.2, 0.25) is 0 Å². The predicted octanol–water partition coefficient (Wildman–Crippen LogP) is 3.05. The van der Waals surface area contributed by atoms with Crippen LogP contribution in [0.5, 0.6) is 0 Å². The van der Waals surface area contributed by atoms with Crippen molar-refractivity contribution < 1.29 is 36.6 Å². The topological polar surface area (TPSA) is 74.6 Å². The molecule has 0 aromatic rings. The van der Waals surface area contributed by atoms with Gasteiger partial charge in [-0.2, -0.15) is 0 Å². The summed E-state index contributed by atoms with van der Waals surface area (Å²) in [6, 6.07) is 0. The van der Waals surface area contributed by atoms with Gasteiger partial charge < -0.3 is 10.2 Å². The zero-order chi connectivity index (χ0) is 12.2. The molecule has 0 aliphatic heterocycles. The van der Waals surface area contributed by atoms with Gasteiger partial charge in [0.05, 0.1) is 0 Å². The van der Waals surface area contributed by atoms with E-state index in [1.54, 1.807) is 0 Å². The average molecular weight is 289 g/mol. The SMILES string of the molecule is O=C(O)CCCCCCCCCCC(=O)O.[Co]. The number of aliphatic carboxylic acids is 2. The first kappa shape index (κ1) is 18.8. The molecule has 0 saturated heterocycles. The molecular formula is C12H22CoO4. The van der Waals surface area contributed by atoms with Crippen LogP contribution in [0.3, 0.4) is 0 Å². The Hall–Kier alpha value is -0.554. The summed E-state index contributed by atoms with van der Waals surface area (Å²) in [6.07, 6.45) is 8.51. The van der Waals surface area contributed by atoms with Crippen molar-refractivity contribution in [2.75, 3.05) is 0 Å². The minimum absolute atomic E-state index is 0. The van der Waals surface area contributed by atoms with Gasteiger partial charge in [0.25, 0.3) is 0 Å². The molecule has 5 heteroatoms. The Labute approximate surface area is 113 Å². The van der Waals surface area contributed by atoms with Gasteiger partial charge in [-0.1, -0.05) is 38.5 Å². The Morgan fingerprint density at radius 3 is 1.06 bits per heavy atom. The molecule has 0 fully saturated rings. The van der Waals surface area contributed by atoms with Crippen molar-refractivity contribution in [3.63, 3.8) is 0 Å². The van der Waals surface area contributed by atoms with E-state index in [2.05, 4.69) is 0 Å². The number of carbonyl (C=O) groups is 2. The minimum Gasteiger partial charge on any atom is -0.481 e. The summed E-state index contributed by atoms with van der Waals surface area (Å²) in [4.78, 5) is 20.4. The first-order valence-corrected chi connectivity index (χ1v) is 6.06. The van der Waals surface area contributed by atoms with E-state index in [1.165, 1.54) is 0 Å². The van der Waals surface area contributed by atoms with E-state index in [1.807, 2.05) is 0 Å². The Morgan fingerprint density at radius 1 is 0.588 bits per heavy atom. The van der Waals surface area contributed by atoms with Crippen LogP contribution in [0.15, 0.2) is 0 Å². The molecule has 1 radical (unpaired) electrons. The van der Waals surface area contributed by atoms with E-state index in [0.717, 1.165) is 51.4 Å². The maximum atomic E-state index is 10.2. The Balaban J connectivity index is 0. The summed E-state index contributed by atoms with van der Waals surface area (Å²) in [5, 5.41) is 16.8. The molecule has 0 aromatic heterocycles. The molecular weight excluding hydrogens is 267 g/mol. The summed E-state index contributed by atoms with van der Waals surface area (Å²) in [5.74, 6) is -1.43. The number of rotatable bonds is 11. The van der Waals surface area contributed by atoms with Crippen LogP contribution in [-0.2, 0) is 26.4 Å². The molecule has 2 N–H and O–H groups in total. The molecule has 0 rings (SSSR count). The van der Waals surface area contributed by atoms with Crippen molar-refractivity contribution in [1.82, 2.24) is 0 Å². The van der Waals surface area contributed by atoms with Crippen molar-refractivity contribution >= 4 is 11.9 Å². The standard InChI is InChI=1S/C12H22O4.Co/c13-11(14)9-7-5-3-1-2-4-6-8-10-12(15)16;/h1-10H2,(H,13,14)(H,15,16);. The average Bonchev–Trinajstić information content (AvgIpc) is 2.20. The summed E-state index contributed by atoms with van der Waals surface area (Å²) >= 11 is 0. The molecule has 103 valence electrons. The normalized spacial score (nSPS) is 9.65. The largest absolute Gasteiger partial charge is 0.481 e. The van der Waals surface area contributed by atoms with Gasteiger partial charge in [-0.25, -0.2) is 0 Å². The summed E-state index contributed by atoms with van der Waals surface area (Å²) in [6.45, 7) is 0. The Kier molecular flexibility index (Phi) is 14.9. The molecule has 0 heterocycles. The second-order valence-corrected chi connectivity index (χ2v) is 4.12. The molecule has 0 aromatic carbocycles. The maximum Gasteiger partial charge on any atom is 0.303 e. The number of hydrogen-bond donors (Lipinski definition) is 2. The van der Waals surface area contributed by atoms with Crippen LogP contribution in [0.25, 0.3) is 0 Å². The third-order valence-corrected chi connectivity index (χ3v) is 2.53. The third kappa shape index (κ3) is 18.0. The second kappa shape index (κ2) is 13.5. The van der Waals surface area contributed by atoms with Crippen LogP contribution in [0.4, 0.5) is 0 Å². The molecule has 0 spiro atoms. The van der Waals surface area contributed by atoms with Gasteiger partial charge in [0.1, 0.15) is 0 Å². The first-order chi connectivity index (χ1) is 7.63. The van der Waals surface area contributed by atoms with Crippen molar-refractivity contribution in [2.24, 2.45) is 0 Å². The van der Waals surface area contributed by atoms with Gasteiger partial charge >= 0.3 is 11.9 Å². The van der Waals surface area contributed by atoms with E-state index < -0.39 is 11.9 Å². The maximum absolute atomic E-state index is 10.2. The number of carboxylic acid groups (broad SMARTS) is 2. The van der Waals surface area contributed by atoms with E-state index in [-0.39, 0.29) is 29.6 Å². The quantitative estimate of drug-likeness (QED) is 0.573. The Morgan fingerprint density at radius 2 is 0.824 bits per heavy atom. The molecule has 0 bridgehead atoms. The third-order valence-electron chi connectivity index (χ3n) is 2.53. The predicted molar refractivity (Wildman–Crippen MR) is 61.4 cm³/mol. The molecule has 0 unspecified atom stereocenters. The molecule has 4 nitrogen and oxygen atoms in total. The van der Waals surface area contributed by atoms with Gasteiger partial charge in [0, 0.05) is 29.6 Å². The van der Waals surface area contributed by atoms with Gasteiger partial charge in [0.15, 0.2) is 0 Å². The molecule has 0 atom stereocenters. The van der Waals surface area contributed by atoms with Crippen LogP contribution in [0, 0.1) is 0 Å². The first-order valence-electron chi connectivity index (χ1n) is 6.06. The molecule has 0 saturated carbocycles. The molecule has 17 heavy (non-hydrogen) atoms. The fourth-order valence-corrected chi connectivity index (χ4v) is 1.61. The van der Waals surface area contributed by atoms with Crippen molar-refractivity contribution in [3.05, 3.63) is 0 Å². The van der Waals surface area contributed by atoms with Crippen molar-refractivity contribution in [2.45, 2.75) is 64.2 Å². The van der Waals surface area contributed by atoms with E-state index >= 15 is 0 Å². The minimum atomic E-state index is -0.714. The fraction of sp³-hybridized carbons (Fsp3) is 0.833. The smallest absolute Gasteiger partial charge is 0.303 e.